The average Bonchev–Trinajstić information content (AvgIpc) is 3.54. The second-order valence-electron chi connectivity index (χ2n) is 10.7. The van der Waals surface area contributed by atoms with Crippen LogP contribution in [0.1, 0.15) is 38.3 Å². The van der Waals surface area contributed by atoms with E-state index in [1.807, 2.05) is 74.6 Å². The molecule has 1 aromatic heterocycles. The van der Waals surface area contributed by atoms with Gasteiger partial charge in [0.05, 0.1) is 18.7 Å². The van der Waals surface area contributed by atoms with Gasteiger partial charge in [0, 0.05) is 23.5 Å². The Labute approximate surface area is 223 Å². The number of Topliss-reactive ketones (excluding diaryl/α,β-unsaturated/α-hetero) is 1. The topological polar surface area (TPSA) is 116 Å². The van der Waals surface area contributed by atoms with E-state index in [0.717, 1.165) is 22.0 Å². The number of hydrogen-bond acceptors (Lipinski definition) is 5. The summed E-state index contributed by atoms with van der Waals surface area (Å²) in [4.78, 5) is 43.6. The molecule has 4 rings (SSSR count). The van der Waals surface area contributed by atoms with Crippen LogP contribution < -0.4 is 16.0 Å². The maximum atomic E-state index is 13.8. The fraction of sp³-hybridized carbons (Fsp3) is 0.433. The fourth-order valence-corrected chi connectivity index (χ4v) is 4.78. The van der Waals surface area contributed by atoms with Gasteiger partial charge in [0.2, 0.25) is 11.8 Å². The normalized spacial score (nSPS) is 19.1. The van der Waals surface area contributed by atoms with Crippen LogP contribution in [-0.4, -0.2) is 60.0 Å². The lowest BCUT2D eigenvalue weighted by molar-refractivity contribution is -0.133. The molecular weight excluding hydrogens is 480 g/mol. The number of likely N-dealkylation sites (N-methyl/N-ethyl adjacent to an activating group) is 1. The maximum Gasteiger partial charge on any atom is 0.243 e. The summed E-state index contributed by atoms with van der Waals surface area (Å²) in [6, 6.07) is 15.3. The lowest BCUT2D eigenvalue weighted by Gasteiger charge is -2.26. The third-order valence-corrected chi connectivity index (χ3v) is 7.12. The number of nitrogens with one attached hydrogen (secondary N) is 4. The first-order valence-electron chi connectivity index (χ1n) is 13.3. The van der Waals surface area contributed by atoms with Crippen LogP contribution in [0, 0.1) is 5.92 Å². The van der Waals surface area contributed by atoms with Crippen LogP contribution in [0.4, 0.5) is 0 Å². The van der Waals surface area contributed by atoms with Crippen molar-refractivity contribution >= 4 is 28.5 Å². The number of para-hydroxylation sites is 1. The monoisotopic (exact) mass is 518 g/mol. The summed E-state index contributed by atoms with van der Waals surface area (Å²) in [5, 5.41) is 9.98. The van der Waals surface area contributed by atoms with Gasteiger partial charge in [-0.25, -0.2) is 0 Å². The first kappa shape index (κ1) is 27.5. The van der Waals surface area contributed by atoms with Crippen LogP contribution in [0.15, 0.2) is 60.8 Å². The second kappa shape index (κ2) is 11.9. The third kappa shape index (κ3) is 6.68. The Morgan fingerprint density at radius 3 is 2.21 bits per heavy atom. The molecule has 0 aliphatic carbocycles. The highest BCUT2D eigenvalue weighted by Gasteiger charge is 2.50. The Bertz CT molecular complexity index is 1270. The predicted octanol–water partition coefficient (Wildman–Crippen LogP) is 2.91. The molecule has 2 amide bonds. The van der Waals surface area contributed by atoms with E-state index in [2.05, 4.69) is 20.9 Å². The number of H-pyrrole nitrogens is 1. The first-order chi connectivity index (χ1) is 18.2. The molecule has 4 atom stereocenters. The molecule has 0 radical (unpaired) electrons. The van der Waals surface area contributed by atoms with Crippen LogP contribution in [0.2, 0.25) is 0 Å². The smallest absolute Gasteiger partial charge is 0.243 e. The van der Waals surface area contributed by atoms with Crippen LogP contribution in [0.3, 0.4) is 0 Å². The second-order valence-corrected chi connectivity index (χ2v) is 10.7. The molecule has 3 aromatic rings. The highest BCUT2D eigenvalue weighted by Crippen LogP contribution is 2.29. The summed E-state index contributed by atoms with van der Waals surface area (Å²) >= 11 is 0. The van der Waals surface area contributed by atoms with E-state index >= 15 is 0 Å². The number of benzene rings is 2. The average molecular weight is 519 g/mol. The van der Waals surface area contributed by atoms with Crippen molar-refractivity contribution in [3.63, 3.8) is 0 Å². The number of hydrogen-bond donors (Lipinski definition) is 4. The van der Waals surface area contributed by atoms with Gasteiger partial charge in [-0.1, -0.05) is 62.4 Å². The molecule has 8 heteroatoms. The Hall–Kier alpha value is -3.49. The van der Waals surface area contributed by atoms with Crippen LogP contribution in [-0.2, 0) is 32.0 Å². The zero-order chi connectivity index (χ0) is 27.3. The summed E-state index contributed by atoms with van der Waals surface area (Å²) in [7, 11) is 1.74. The van der Waals surface area contributed by atoms with Crippen molar-refractivity contribution in [3.05, 3.63) is 71.9 Å². The minimum absolute atomic E-state index is 0.167. The van der Waals surface area contributed by atoms with E-state index in [1.54, 1.807) is 14.0 Å². The summed E-state index contributed by atoms with van der Waals surface area (Å²) in [5.74, 6) is -0.516. The van der Waals surface area contributed by atoms with E-state index < -0.39 is 29.6 Å². The number of ether oxygens (including phenoxy) is 1. The van der Waals surface area contributed by atoms with Gasteiger partial charge in [0.25, 0.3) is 0 Å². The highest BCUT2D eigenvalue weighted by atomic mass is 16.6. The lowest BCUT2D eigenvalue weighted by Crippen LogP contribution is -2.57. The van der Waals surface area contributed by atoms with Crippen molar-refractivity contribution in [1.82, 2.24) is 20.9 Å². The van der Waals surface area contributed by atoms with Crippen molar-refractivity contribution in [2.75, 3.05) is 13.7 Å². The molecule has 38 heavy (non-hydrogen) atoms. The van der Waals surface area contributed by atoms with Crippen LogP contribution in [0.25, 0.3) is 10.9 Å². The number of epoxide rings is 1. The van der Waals surface area contributed by atoms with Gasteiger partial charge in [0.1, 0.15) is 11.6 Å². The zero-order valence-electron chi connectivity index (χ0n) is 22.5. The number of rotatable bonds is 13. The number of carbonyl (C=O) groups excluding carboxylic acids is 3. The van der Waals surface area contributed by atoms with E-state index in [4.69, 9.17) is 4.74 Å². The van der Waals surface area contributed by atoms with E-state index in [0.29, 0.717) is 25.4 Å². The number of ketones is 1. The summed E-state index contributed by atoms with van der Waals surface area (Å²) in [6.07, 6.45) is 3.12. The van der Waals surface area contributed by atoms with Crippen LogP contribution >= 0.6 is 0 Å². The molecule has 0 spiro atoms. The minimum Gasteiger partial charge on any atom is -0.361 e. The zero-order valence-corrected chi connectivity index (χ0v) is 22.5. The van der Waals surface area contributed by atoms with E-state index in [-0.39, 0.29) is 18.1 Å². The van der Waals surface area contributed by atoms with Crippen molar-refractivity contribution < 1.29 is 19.1 Å². The molecule has 2 aromatic carbocycles. The van der Waals surface area contributed by atoms with Crippen molar-refractivity contribution in [2.45, 2.75) is 63.8 Å². The van der Waals surface area contributed by atoms with Crippen molar-refractivity contribution in [1.29, 1.82) is 0 Å². The summed E-state index contributed by atoms with van der Waals surface area (Å²) in [6.45, 7) is 6.18. The molecule has 4 N–H and O–H groups in total. The van der Waals surface area contributed by atoms with Gasteiger partial charge in [-0.3, -0.25) is 14.4 Å². The first-order valence-corrected chi connectivity index (χ1v) is 13.3. The Kier molecular flexibility index (Phi) is 8.64. The van der Waals surface area contributed by atoms with E-state index in [1.165, 1.54) is 0 Å². The number of fused-ring (bicyclic) bond motifs is 1. The molecule has 1 aliphatic heterocycles. The summed E-state index contributed by atoms with van der Waals surface area (Å²) in [5.41, 5.74) is 1.91. The van der Waals surface area contributed by atoms with Gasteiger partial charge in [-0.15, -0.1) is 0 Å². The Morgan fingerprint density at radius 1 is 0.921 bits per heavy atom. The van der Waals surface area contributed by atoms with Crippen LogP contribution in [0.5, 0.6) is 0 Å². The van der Waals surface area contributed by atoms with E-state index in [9.17, 15) is 14.4 Å². The van der Waals surface area contributed by atoms with Crippen molar-refractivity contribution in [2.24, 2.45) is 5.92 Å². The maximum absolute atomic E-state index is 13.8. The highest BCUT2D eigenvalue weighted by molar-refractivity contribution is 5.98. The van der Waals surface area contributed by atoms with Gasteiger partial charge in [-0.2, -0.15) is 0 Å². The predicted molar refractivity (Wildman–Crippen MR) is 148 cm³/mol. The molecule has 8 nitrogen and oxygen atoms in total. The number of aromatic amines is 1. The SMILES string of the molecule is CNC(CC(C)C)C(=O)NC(Cc1c[nH]c2ccccc12)C(=O)NC(Cc1ccccc1)C(=O)[C@@]1(C)CO1. The number of amides is 2. The standard InChI is InChI=1S/C30H38N4O4/c1-19(2)14-25(31-4)28(36)34-26(16-21-17-32-23-13-9-8-12-22(21)23)29(37)33-24(27(35)30(3)18-38-30)15-20-10-6-5-7-11-20/h5-13,17,19,24-26,31-32H,14-16,18H2,1-4H3,(H,33,37)(H,34,36)/t24?,25?,26?,30-/m1/s1. The minimum atomic E-state index is -0.892. The molecule has 1 aliphatic rings. The van der Waals surface area contributed by atoms with Gasteiger partial charge in [0.15, 0.2) is 5.78 Å². The Morgan fingerprint density at radius 2 is 1.55 bits per heavy atom. The molecule has 0 saturated carbocycles. The molecular formula is C30H38N4O4. The molecule has 0 bridgehead atoms. The fourth-order valence-electron chi connectivity index (χ4n) is 4.78. The molecule has 1 fully saturated rings. The largest absolute Gasteiger partial charge is 0.361 e. The molecule has 2 heterocycles. The summed E-state index contributed by atoms with van der Waals surface area (Å²) < 4.78 is 5.42. The van der Waals surface area contributed by atoms with Crippen molar-refractivity contribution in [3.8, 4) is 0 Å². The Balaban J connectivity index is 1.59. The van der Waals surface area contributed by atoms with Gasteiger partial charge < -0.3 is 25.7 Å². The molecule has 1 saturated heterocycles. The third-order valence-electron chi connectivity index (χ3n) is 7.12. The number of carbonyl (C=O) groups is 3. The lowest BCUT2D eigenvalue weighted by atomic mass is 9.94. The van der Waals surface area contributed by atoms with Gasteiger partial charge in [-0.05, 0) is 49.9 Å². The quantitative estimate of drug-likeness (QED) is 0.260. The number of aromatic nitrogens is 1. The van der Waals surface area contributed by atoms with Gasteiger partial charge >= 0.3 is 0 Å². The molecule has 202 valence electrons. The molecule has 3 unspecified atom stereocenters.